The summed E-state index contributed by atoms with van der Waals surface area (Å²) in [4.78, 5) is 40.0. The zero-order valence-corrected chi connectivity index (χ0v) is 17.4. The van der Waals surface area contributed by atoms with Gasteiger partial charge in [0.15, 0.2) is 0 Å². The lowest BCUT2D eigenvalue weighted by atomic mass is 10.2. The van der Waals surface area contributed by atoms with Crippen molar-refractivity contribution in [1.82, 2.24) is 5.32 Å². The van der Waals surface area contributed by atoms with Crippen LogP contribution in [0, 0.1) is 0 Å². The van der Waals surface area contributed by atoms with E-state index in [1.807, 2.05) is 0 Å². The molecule has 1 aromatic heterocycles. The van der Waals surface area contributed by atoms with Crippen LogP contribution in [-0.2, 0) is 14.3 Å². The Bertz CT molecular complexity index is 997. The van der Waals surface area contributed by atoms with Gasteiger partial charge >= 0.3 is 6.09 Å². The molecule has 158 valence electrons. The van der Waals surface area contributed by atoms with E-state index in [9.17, 15) is 14.4 Å². The molecule has 0 spiro atoms. The number of anilines is 3. The summed E-state index contributed by atoms with van der Waals surface area (Å²) < 4.78 is 11.0. The van der Waals surface area contributed by atoms with Gasteiger partial charge in [-0.25, -0.2) is 4.79 Å². The molecule has 30 heavy (non-hydrogen) atoms. The van der Waals surface area contributed by atoms with Crippen LogP contribution >= 0.6 is 22.9 Å². The summed E-state index contributed by atoms with van der Waals surface area (Å²) in [6.07, 6.45) is -1.03. The van der Waals surface area contributed by atoms with Crippen molar-refractivity contribution in [1.29, 1.82) is 0 Å². The molecule has 1 atom stereocenters. The number of rotatable bonds is 5. The summed E-state index contributed by atoms with van der Waals surface area (Å²) in [7, 11) is 0. The van der Waals surface area contributed by atoms with Gasteiger partial charge in [0.05, 0.1) is 40.3 Å². The molecule has 2 fully saturated rings. The molecule has 9 nitrogen and oxygen atoms in total. The number of morpholine rings is 1. The van der Waals surface area contributed by atoms with Gasteiger partial charge < -0.3 is 25.4 Å². The van der Waals surface area contributed by atoms with Crippen LogP contribution in [0.3, 0.4) is 0 Å². The lowest BCUT2D eigenvalue weighted by Gasteiger charge is -2.28. The van der Waals surface area contributed by atoms with Gasteiger partial charge in [-0.2, -0.15) is 0 Å². The van der Waals surface area contributed by atoms with Crippen LogP contribution in [-0.4, -0.2) is 56.9 Å². The monoisotopic (exact) mass is 450 g/mol. The first kappa shape index (κ1) is 20.5. The molecule has 2 aliphatic heterocycles. The van der Waals surface area contributed by atoms with Crippen molar-refractivity contribution < 1.29 is 23.9 Å². The number of cyclic esters (lactones) is 1. The zero-order chi connectivity index (χ0) is 21.3. The summed E-state index contributed by atoms with van der Waals surface area (Å²) in [6, 6.07) is 8.34. The molecule has 2 aliphatic rings. The van der Waals surface area contributed by atoms with Crippen LogP contribution in [0.1, 0.15) is 9.67 Å². The first-order valence-corrected chi connectivity index (χ1v) is 10.4. The molecule has 2 aromatic rings. The molecule has 0 aliphatic carbocycles. The second kappa shape index (κ2) is 8.50. The van der Waals surface area contributed by atoms with Crippen molar-refractivity contribution >= 4 is 57.9 Å². The average Bonchev–Trinajstić information content (AvgIpc) is 3.32. The smallest absolute Gasteiger partial charge is 0.414 e. The van der Waals surface area contributed by atoms with Gasteiger partial charge in [-0.1, -0.05) is 11.6 Å². The number of nitrogens with one attached hydrogen (secondary N) is 1. The highest BCUT2D eigenvalue weighted by Crippen LogP contribution is 2.31. The number of nitrogens with zero attached hydrogens (tertiary/aromatic N) is 2. The highest BCUT2D eigenvalue weighted by Gasteiger charge is 2.33. The molecule has 1 aromatic carbocycles. The summed E-state index contributed by atoms with van der Waals surface area (Å²) in [5.74, 6) is -0.436. The van der Waals surface area contributed by atoms with Crippen molar-refractivity contribution in [2.75, 3.05) is 48.4 Å². The van der Waals surface area contributed by atoms with E-state index in [0.29, 0.717) is 39.4 Å². The maximum absolute atomic E-state index is 12.3. The van der Waals surface area contributed by atoms with Crippen LogP contribution in [0.25, 0.3) is 0 Å². The standard InChI is InChI=1S/C19H19ClN4O5S/c20-16-4-3-15(30-16)18(26)22-8-12-9-24(19(27)29-12)11-1-2-14(13(21)7-11)23-5-6-28-10-17(23)25/h1-4,7,12H,5-6,8-10,21H2,(H,22,26)/t12-/m0/s1. The molecular weight excluding hydrogens is 432 g/mol. The molecule has 0 bridgehead atoms. The van der Waals surface area contributed by atoms with Gasteiger partial charge in [0.1, 0.15) is 12.7 Å². The van der Waals surface area contributed by atoms with Crippen LogP contribution < -0.4 is 20.9 Å². The Morgan fingerprint density at radius 2 is 2.10 bits per heavy atom. The number of nitrogen functional groups attached to an aromatic ring is 1. The van der Waals surface area contributed by atoms with E-state index in [2.05, 4.69) is 5.32 Å². The van der Waals surface area contributed by atoms with E-state index in [1.54, 1.807) is 35.2 Å². The molecule has 3 amide bonds. The van der Waals surface area contributed by atoms with E-state index in [-0.39, 0.29) is 31.5 Å². The molecule has 0 radical (unpaired) electrons. The van der Waals surface area contributed by atoms with E-state index in [1.165, 1.54) is 16.2 Å². The fraction of sp³-hybridized carbons (Fsp3) is 0.316. The lowest BCUT2D eigenvalue weighted by Crippen LogP contribution is -2.42. The van der Waals surface area contributed by atoms with Crippen LogP contribution in [0.15, 0.2) is 30.3 Å². The van der Waals surface area contributed by atoms with Crippen molar-refractivity contribution in [3.05, 3.63) is 39.5 Å². The third-order valence-electron chi connectivity index (χ3n) is 4.76. The number of carbonyl (C=O) groups excluding carboxylic acids is 3. The summed E-state index contributed by atoms with van der Waals surface area (Å²) in [6.45, 7) is 1.32. The molecule has 0 saturated carbocycles. The van der Waals surface area contributed by atoms with Gasteiger partial charge in [-0.05, 0) is 30.3 Å². The SMILES string of the molecule is Nc1cc(N2C[C@H](CNC(=O)c3ccc(Cl)s3)OC2=O)ccc1N1CCOCC1=O. The molecule has 4 rings (SSSR count). The van der Waals surface area contributed by atoms with E-state index < -0.39 is 12.2 Å². The zero-order valence-electron chi connectivity index (χ0n) is 15.8. The van der Waals surface area contributed by atoms with Crippen LogP contribution in [0.5, 0.6) is 0 Å². The summed E-state index contributed by atoms with van der Waals surface area (Å²) >= 11 is 7.02. The van der Waals surface area contributed by atoms with Crippen molar-refractivity contribution in [2.24, 2.45) is 0 Å². The predicted octanol–water partition coefficient (Wildman–Crippen LogP) is 2.10. The van der Waals surface area contributed by atoms with Crippen molar-refractivity contribution in [3.63, 3.8) is 0 Å². The highest BCUT2D eigenvalue weighted by molar-refractivity contribution is 7.18. The van der Waals surface area contributed by atoms with Gasteiger partial charge in [0, 0.05) is 12.2 Å². The first-order chi connectivity index (χ1) is 14.4. The van der Waals surface area contributed by atoms with Crippen molar-refractivity contribution in [3.8, 4) is 0 Å². The fourth-order valence-electron chi connectivity index (χ4n) is 3.30. The number of halogens is 1. The number of carbonyl (C=O) groups is 3. The van der Waals surface area contributed by atoms with Gasteiger partial charge in [0.2, 0.25) is 0 Å². The second-order valence-electron chi connectivity index (χ2n) is 6.77. The molecular formula is C19H19ClN4O5S. The third-order valence-corrected chi connectivity index (χ3v) is 5.99. The number of hydrogen-bond donors (Lipinski definition) is 2. The minimum atomic E-state index is -0.525. The predicted molar refractivity (Wildman–Crippen MR) is 113 cm³/mol. The Morgan fingerprint density at radius 1 is 1.27 bits per heavy atom. The number of ether oxygens (including phenoxy) is 2. The minimum Gasteiger partial charge on any atom is -0.442 e. The van der Waals surface area contributed by atoms with E-state index in [4.69, 9.17) is 26.8 Å². The normalized spacial score (nSPS) is 19.2. The van der Waals surface area contributed by atoms with E-state index in [0.717, 1.165) is 0 Å². The van der Waals surface area contributed by atoms with Gasteiger partial charge in [0.25, 0.3) is 11.8 Å². The Hall–Kier alpha value is -2.82. The van der Waals surface area contributed by atoms with Gasteiger partial charge in [-0.3, -0.25) is 14.5 Å². The van der Waals surface area contributed by atoms with Crippen LogP contribution in [0.4, 0.5) is 21.9 Å². The maximum Gasteiger partial charge on any atom is 0.414 e. The number of nitrogens with two attached hydrogens (primary N) is 1. The second-order valence-corrected chi connectivity index (χ2v) is 8.49. The van der Waals surface area contributed by atoms with Gasteiger partial charge in [-0.15, -0.1) is 11.3 Å². The molecule has 2 saturated heterocycles. The van der Waals surface area contributed by atoms with Crippen LogP contribution in [0.2, 0.25) is 4.34 Å². The fourth-order valence-corrected chi connectivity index (χ4v) is 4.26. The summed E-state index contributed by atoms with van der Waals surface area (Å²) in [5, 5.41) is 2.74. The van der Waals surface area contributed by atoms with E-state index >= 15 is 0 Å². The topological polar surface area (TPSA) is 114 Å². The summed E-state index contributed by atoms with van der Waals surface area (Å²) in [5.41, 5.74) is 7.66. The average molecular weight is 451 g/mol. The molecule has 3 heterocycles. The Kier molecular flexibility index (Phi) is 5.80. The number of amides is 3. The molecule has 11 heteroatoms. The molecule has 3 N–H and O–H groups in total. The third kappa shape index (κ3) is 4.20. The minimum absolute atomic E-state index is 0.0186. The number of hydrogen-bond acceptors (Lipinski definition) is 7. The number of thiophene rings is 1. The Morgan fingerprint density at radius 3 is 2.80 bits per heavy atom. The Labute approximate surface area is 181 Å². The Balaban J connectivity index is 1.39. The van der Waals surface area contributed by atoms with Crippen molar-refractivity contribution in [2.45, 2.75) is 6.10 Å². The maximum atomic E-state index is 12.3. The lowest BCUT2D eigenvalue weighted by molar-refractivity contribution is -0.125. The largest absolute Gasteiger partial charge is 0.442 e. The first-order valence-electron chi connectivity index (χ1n) is 9.21. The highest BCUT2D eigenvalue weighted by atomic mass is 35.5. The molecule has 0 unspecified atom stereocenters. The number of benzene rings is 1. The quantitative estimate of drug-likeness (QED) is 0.674.